The first-order chi connectivity index (χ1) is 9.75. The summed E-state index contributed by atoms with van der Waals surface area (Å²) < 4.78 is 37.2. The van der Waals surface area contributed by atoms with E-state index in [0.29, 0.717) is 10.9 Å². The number of hydrogen-bond donors (Lipinski definition) is 1. The van der Waals surface area contributed by atoms with Crippen LogP contribution in [0, 0.1) is 5.41 Å². The summed E-state index contributed by atoms with van der Waals surface area (Å²) in [5.41, 5.74) is 1.09. The maximum Gasteiger partial charge on any atom is 0.398 e. The fourth-order valence-electron chi connectivity index (χ4n) is 2.45. The van der Waals surface area contributed by atoms with Gasteiger partial charge in [-0.2, -0.15) is 24.9 Å². The topological polar surface area (TPSA) is 12.0 Å². The number of nitrogens with one attached hydrogen (secondary N) is 1. The van der Waals surface area contributed by atoms with Crippen molar-refractivity contribution in [3.05, 3.63) is 24.3 Å². The highest BCUT2D eigenvalue weighted by molar-refractivity contribution is 7.99. The lowest BCUT2D eigenvalue weighted by atomic mass is 9.88. The summed E-state index contributed by atoms with van der Waals surface area (Å²) in [7, 11) is 0. The predicted octanol–water partition coefficient (Wildman–Crippen LogP) is 5.28. The number of hydrogen-bond acceptors (Lipinski definition) is 3. The van der Waals surface area contributed by atoms with Crippen molar-refractivity contribution in [2.75, 3.05) is 22.6 Å². The molecule has 1 aliphatic rings. The third-order valence-corrected chi connectivity index (χ3v) is 6.01. The number of halogens is 3. The van der Waals surface area contributed by atoms with Crippen molar-refractivity contribution in [2.45, 2.75) is 37.4 Å². The third-order valence-electron chi connectivity index (χ3n) is 3.25. The first-order valence-corrected chi connectivity index (χ1v) is 9.02. The fourth-order valence-corrected chi connectivity index (χ4v) is 4.50. The van der Waals surface area contributed by atoms with Crippen molar-refractivity contribution in [3.8, 4) is 0 Å². The van der Waals surface area contributed by atoms with E-state index in [4.69, 9.17) is 0 Å². The fraction of sp³-hybridized carbons (Fsp3) is 0.600. The molecular formula is C15H20F3NS2. The standard InChI is InChI=1S/C15H20F3NS2/c1-14(2)7-11(8-20-9-14)19-12-5-3-4-6-13(12)21-10-15(16,17)18/h3-6,11,19H,7-10H2,1-2H3. The maximum atomic E-state index is 12.4. The number of anilines is 1. The van der Waals surface area contributed by atoms with Gasteiger partial charge in [-0.15, -0.1) is 11.8 Å². The summed E-state index contributed by atoms with van der Waals surface area (Å²) in [6, 6.07) is 7.57. The lowest BCUT2D eigenvalue weighted by molar-refractivity contribution is -0.105. The average molecular weight is 335 g/mol. The number of para-hydroxylation sites is 1. The molecule has 1 heterocycles. The van der Waals surface area contributed by atoms with Gasteiger partial charge < -0.3 is 5.32 Å². The van der Waals surface area contributed by atoms with E-state index in [1.54, 1.807) is 12.1 Å². The van der Waals surface area contributed by atoms with Crippen LogP contribution >= 0.6 is 23.5 Å². The molecule has 0 saturated carbocycles. The van der Waals surface area contributed by atoms with Crippen molar-refractivity contribution in [3.63, 3.8) is 0 Å². The number of benzene rings is 1. The second kappa shape index (κ2) is 6.73. The molecule has 1 aliphatic heterocycles. The molecule has 0 spiro atoms. The molecule has 2 rings (SSSR count). The molecule has 6 heteroatoms. The minimum Gasteiger partial charge on any atom is -0.381 e. The Morgan fingerprint density at radius 1 is 1.33 bits per heavy atom. The Morgan fingerprint density at radius 3 is 2.71 bits per heavy atom. The van der Waals surface area contributed by atoms with Crippen LogP contribution in [0.3, 0.4) is 0 Å². The SMILES string of the molecule is CC1(C)CSCC(Nc2ccccc2SCC(F)(F)F)C1. The Kier molecular flexibility index (Phi) is 5.41. The summed E-state index contributed by atoms with van der Waals surface area (Å²) in [6.45, 7) is 4.47. The van der Waals surface area contributed by atoms with Crippen molar-refractivity contribution < 1.29 is 13.2 Å². The normalized spacial score (nSPS) is 22.0. The van der Waals surface area contributed by atoms with Crippen LogP contribution in [0.1, 0.15) is 20.3 Å². The molecule has 21 heavy (non-hydrogen) atoms. The Morgan fingerprint density at radius 2 is 2.05 bits per heavy atom. The monoisotopic (exact) mass is 335 g/mol. The van der Waals surface area contributed by atoms with E-state index in [-0.39, 0.29) is 5.41 Å². The van der Waals surface area contributed by atoms with Gasteiger partial charge in [0.05, 0.1) is 5.75 Å². The van der Waals surface area contributed by atoms with Gasteiger partial charge in [0, 0.05) is 22.4 Å². The quantitative estimate of drug-likeness (QED) is 0.751. The van der Waals surface area contributed by atoms with Gasteiger partial charge in [-0.25, -0.2) is 0 Å². The van der Waals surface area contributed by atoms with Gasteiger partial charge in [0.25, 0.3) is 0 Å². The van der Waals surface area contributed by atoms with Crippen LogP contribution < -0.4 is 5.32 Å². The summed E-state index contributed by atoms with van der Waals surface area (Å²) in [6.07, 6.45) is -3.10. The highest BCUT2D eigenvalue weighted by Crippen LogP contribution is 2.37. The van der Waals surface area contributed by atoms with Gasteiger partial charge in [-0.1, -0.05) is 26.0 Å². The molecule has 1 aromatic carbocycles. The summed E-state index contributed by atoms with van der Waals surface area (Å²) in [5, 5.41) is 3.43. The predicted molar refractivity (Wildman–Crippen MR) is 86.4 cm³/mol. The van der Waals surface area contributed by atoms with Crippen LogP contribution in [0.15, 0.2) is 29.2 Å². The Bertz CT molecular complexity index is 474. The van der Waals surface area contributed by atoms with E-state index in [0.717, 1.165) is 35.4 Å². The van der Waals surface area contributed by atoms with Crippen molar-refractivity contribution in [1.29, 1.82) is 0 Å². The molecule has 1 N–H and O–H groups in total. The van der Waals surface area contributed by atoms with Gasteiger partial charge in [-0.05, 0) is 29.7 Å². The third kappa shape index (κ3) is 5.66. The molecule has 0 amide bonds. The van der Waals surface area contributed by atoms with Crippen LogP contribution in [0.2, 0.25) is 0 Å². The van der Waals surface area contributed by atoms with Gasteiger partial charge >= 0.3 is 6.18 Å². The zero-order valence-corrected chi connectivity index (χ0v) is 13.8. The molecule has 1 nitrogen and oxygen atoms in total. The van der Waals surface area contributed by atoms with E-state index in [9.17, 15) is 13.2 Å². The Hall–Kier alpha value is -0.490. The minimum atomic E-state index is -4.14. The molecule has 0 bridgehead atoms. The van der Waals surface area contributed by atoms with E-state index < -0.39 is 11.9 Å². The van der Waals surface area contributed by atoms with Gasteiger partial charge in [0.2, 0.25) is 0 Å². The molecule has 1 fully saturated rings. The Balaban J connectivity index is 2.02. The van der Waals surface area contributed by atoms with E-state index in [2.05, 4.69) is 19.2 Å². The largest absolute Gasteiger partial charge is 0.398 e. The van der Waals surface area contributed by atoms with Crippen LogP contribution in [0.25, 0.3) is 0 Å². The molecular weight excluding hydrogens is 315 g/mol. The van der Waals surface area contributed by atoms with Crippen LogP contribution in [-0.4, -0.2) is 29.5 Å². The number of rotatable bonds is 4. The van der Waals surface area contributed by atoms with E-state index in [1.165, 1.54) is 0 Å². The maximum absolute atomic E-state index is 12.4. The van der Waals surface area contributed by atoms with Crippen LogP contribution in [0.5, 0.6) is 0 Å². The highest BCUT2D eigenvalue weighted by Gasteiger charge is 2.30. The number of thioether (sulfide) groups is 2. The van der Waals surface area contributed by atoms with Crippen molar-refractivity contribution >= 4 is 29.2 Å². The molecule has 1 unspecified atom stereocenters. The van der Waals surface area contributed by atoms with Crippen molar-refractivity contribution in [1.82, 2.24) is 0 Å². The zero-order chi connectivity index (χ0) is 15.5. The first-order valence-electron chi connectivity index (χ1n) is 6.88. The van der Waals surface area contributed by atoms with E-state index in [1.807, 2.05) is 23.9 Å². The molecule has 0 aliphatic carbocycles. The molecule has 1 aromatic rings. The lowest BCUT2D eigenvalue weighted by Crippen LogP contribution is -2.35. The van der Waals surface area contributed by atoms with Gasteiger partial charge in [0.15, 0.2) is 0 Å². The molecule has 1 atom stereocenters. The molecule has 1 saturated heterocycles. The highest BCUT2D eigenvalue weighted by atomic mass is 32.2. The lowest BCUT2D eigenvalue weighted by Gasteiger charge is -2.35. The van der Waals surface area contributed by atoms with Gasteiger partial charge in [0.1, 0.15) is 0 Å². The zero-order valence-electron chi connectivity index (χ0n) is 12.2. The second-order valence-corrected chi connectivity index (χ2v) is 8.17. The van der Waals surface area contributed by atoms with Crippen LogP contribution in [-0.2, 0) is 0 Å². The smallest absolute Gasteiger partial charge is 0.381 e. The molecule has 0 aromatic heterocycles. The molecule has 0 radical (unpaired) electrons. The van der Waals surface area contributed by atoms with Gasteiger partial charge in [-0.3, -0.25) is 0 Å². The first kappa shape index (κ1) is 16.9. The average Bonchev–Trinajstić information content (AvgIpc) is 2.35. The summed E-state index contributed by atoms with van der Waals surface area (Å²) in [5.74, 6) is 1.29. The van der Waals surface area contributed by atoms with Crippen LogP contribution in [0.4, 0.5) is 18.9 Å². The summed E-state index contributed by atoms with van der Waals surface area (Å²) >= 11 is 2.75. The molecule has 118 valence electrons. The minimum absolute atomic E-state index is 0.272. The Labute approximate surface area is 132 Å². The van der Waals surface area contributed by atoms with E-state index >= 15 is 0 Å². The summed E-state index contributed by atoms with van der Waals surface area (Å²) in [4.78, 5) is 0.670. The van der Waals surface area contributed by atoms with Crippen molar-refractivity contribution in [2.24, 2.45) is 5.41 Å². The second-order valence-electron chi connectivity index (χ2n) is 6.12. The number of alkyl halides is 3.